The number of nitrogens with one attached hydrogen (secondary N) is 1. The van der Waals surface area contributed by atoms with Gasteiger partial charge in [0.25, 0.3) is 0 Å². The maximum Gasteiger partial charge on any atom is 0.227 e. The maximum absolute atomic E-state index is 5.77. The molecule has 1 heterocycles. The maximum atomic E-state index is 5.77. The first kappa shape index (κ1) is 14.0. The zero-order valence-electron chi connectivity index (χ0n) is 11.9. The third-order valence-electron chi connectivity index (χ3n) is 2.66. The lowest BCUT2D eigenvalue weighted by Gasteiger charge is -2.15. The molecule has 6 heteroatoms. The highest BCUT2D eigenvalue weighted by Crippen LogP contribution is 2.16. The normalized spacial score (nSPS) is 11.9. The van der Waals surface area contributed by atoms with Crippen LogP contribution in [0, 0.1) is 13.8 Å². The molecule has 0 aliphatic rings. The molecule has 0 amide bonds. The summed E-state index contributed by atoms with van der Waals surface area (Å²) >= 11 is 0. The van der Waals surface area contributed by atoms with Crippen LogP contribution >= 0.6 is 0 Å². The third-order valence-corrected chi connectivity index (χ3v) is 2.66. The average molecular weight is 273 g/mol. The Morgan fingerprint density at radius 1 is 1.20 bits per heavy atom. The van der Waals surface area contributed by atoms with Gasteiger partial charge in [-0.3, -0.25) is 0 Å². The van der Waals surface area contributed by atoms with Gasteiger partial charge in [-0.05, 0) is 44.0 Å². The highest BCUT2D eigenvalue weighted by molar-refractivity contribution is 5.33. The highest BCUT2D eigenvalue weighted by Gasteiger charge is 2.06. The Kier molecular flexibility index (Phi) is 4.34. The van der Waals surface area contributed by atoms with E-state index in [9.17, 15) is 0 Å². The molecule has 2 rings (SSSR count). The number of benzene rings is 1. The van der Waals surface area contributed by atoms with E-state index in [0.29, 0.717) is 12.6 Å². The van der Waals surface area contributed by atoms with Crippen molar-refractivity contribution in [2.24, 2.45) is 0 Å². The van der Waals surface area contributed by atoms with Gasteiger partial charge >= 0.3 is 0 Å². The van der Waals surface area contributed by atoms with Crippen molar-refractivity contribution < 1.29 is 4.74 Å². The number of ether oxygens (including phenoxy) is 1. The first-order valence-corrected chi connectivity index (χ1v) is 6.45. The molecular weight excluding hydrogens is 254 g/mol. The van der Waals surface area contributed by atoms with Crippen LogP contribution in [0.4, 0.5) is 11.9 Å². The van der Waals surface area contributed by atoms with Crippen molar-refractivity contribution in [2.45, 2.75) is 26.8 Å². The molecule has 2 aromatic rings. The molecule has 0 saturated heterocycles. The van der Waals surface area contributed by atoms with Gasteiger partial charge < -0.3 is 15.8 Å². The van der Waals surface area contributed by atoms with Gasteiger partial charge in [-0.1, -0.05) is 6.07 Å². The first-order valence-electron chi connectivity index (χ1n) is 6.45. The molecular formula is C14H19N5O. The molecule has 106 valence electrons. The SMILES string of the molecule is Cc1cc(C)cc(OCC(C)Nc2ncnc(N)n2)c1. The fourth-order valence-electron chi connectivity index (χ4n) is 1.88. The van der Waals surface area contributed by atoms with E-state index in [4.69, 9.17) is 10.5 Å². The molecule has 3 N–H and O–H groups in total. The molecule has 0 spiro atoms. The number of nitrogens with zero attached hydrogens (tertiary/aromatic N) is 3. The lowest BCUT2D eigenvalue weighted by molar-refractivity contribution is 0.303. The second kappa shape index (κ2) is 6.18. The molecule has 0 fully saturated rings. The molecule has 6 nitrogen and oxygen atoms in total. The zero-order valence-corrected chi connectivity index (χ0v) is 11.9. The number of hydrogen-bond donors (Lipinski definition) is 2. The molecule has 1 aromatic carbocycles. The van der Waals surface area contributed by atoms with Crippen LogP contribution in [0.1, 0.15) is 18.1 Å². The first-order chi connectivity index (χ1) is 9.52. The van der Waals surface area contributed by atoms with E-state index in [1.54, 1.807) is 0 Å². The van der Waals surface area contributed by atoms with Crippen molar-refractivity contribution in [3.05, 3.63) is 35.7 Å². The standard InChI is InChI=1S/C14H19N5O/c1-9-4-10(2)6-12(5-9)20-7-11(3)18-14-17-8-16-13(15)19-14/h4-6,8,11H,7H2,1-3H3,(H3,15,16,17,18,19). The molecule has 1 aromatic heterocycles. The van der Waals surface area contributed by atoms with Gasteiger partial charge in [-0.25, -0.2) is 9.97 Å². The molecule has 0 radical (unpaired) electrons. The van der Waals surface area contributed by atoms with Crippen LogP contribution in [0.3, 0.4) is 0 Å². The van der Waals surface area contributed by atoms with Crippen molar-refractivity contribution in [3.8, 4) is 5.75 Å². The fraction of sp³-hybridized carbons (Fsp3) is 0.357. The number of hydrogen-bond acceptors (Lipinski definition) is 6. The van der Waals surface area contributed by atoms with E-state index in [1.165, 1.54) is 17.5 Å². The van der Waals surface area contributed by atoms with Crippen molar-refractivity contribution in [1.82, 2.24) is 15.0 Å². The number of nitrogen functional groups attached to an aromatic ring is 1. The summed E-state index contributed by atoms with van der Waals surface area (Å²) in [5.74, 6) is 1.52. The smallest absolute Gasteiger partial charge is 0.227 e. The predicted molar refractivity (Wildman–Crippen MR) is 78.7 cm³/mol. The van der Waals surface area contributed by atoms with Gasteiger partial charge in [0.2, 0.25) is 11.9 Å². The van der Waals surface area contributed by atoms with Crippen LogP contribution < -0.4 is 15.8 Å². The predicted octanol–water partition coefficient (Wildman–Crippen LogP) is 1.95. The number of anilines is 2. The molecule has 20 heavy (non-hydrogen) atoms. The minimum atomic E-state index is 0.0534. The Labute approximate surface area is 118 Å². The van der Waals surface area contributed by atoms with E-state index in [-0.39, 0.29) is 12.0 Å². The van der Waals surface area contributed by atoms with Crippen LogP contribution in [0.2, 0.25) is 0 Å². The lowest BCUT2D eigenvalue weighted by Crippen LogP contribution is -2.25. The second-order valence-electron chi connectivity index (χ2n) is 4.85. The van der Waals surface area contributed by atoms with Crippen LogP contribution in [-0.4, -0.2) is 27.6 Å². The van der Waals surface area contributed by atoms with Gasteiger partial charge in [-0.2, -0.15) is 4.98 Å². The summed E-state index contributed by atoms with van der Waals surface area (Å²) in [6, 6.07) is 6.20. The molecule has 0 bridgehead atoms. The summed E-state index contributed by atoms with van der Waals surface area (Å²) in [6.45, 7) is 6.60. The van der Waals surface area contributed by atoms with Gasteiger partial charge in [0, 0.05) is 0 Å². The molecule has 0 aliphatic heterocycles. The average Bonchev–Trinajstić information content (AvgIpc) is 2.35. The van der Waals surface area contributed by atoms with Crippen molar-refractivity contribution >= 4 is 11.9 Å². The Bertz CT molecular complexity index is 567. The minimum Gasteiger partial charge on any atom is -0.491 e. The van der Waals surface area contributed by atoms with E-state index >= 15 is 0 Å². The molecule has 1 atom stereocenters. The van der Waals surface area contributed by atoms with Crippen LogP contribution in [0.15, 0.2) is 24.5 Å². The Balaban J connectivity index is 1.90. The summed E-state index contributed by atoms with van der Waals surface area (Å²) in [5, 5.41) is 3.11. The van der Waals surface area contributed by atoms with Gasteiger partial charge in [-0.15, -0.1) is 0 Å². The minimum absolute atomic E-state index is 0.0534. The lowest BCUT2D eigenvalue weighted by atomic mass is 10.1. The number of rotatable bonds is 5. The number of nitrogens with two attached hydrogens (primary N) is 1. The van der Waals surface area contributed by atoms with Crippen LogP contribution in [0.25, 0.3) is 0 Å². The summed E-state index contributed by atoms with van der Waals surface area (Å²) < 4.78 is 5.77. The van der Waals surface area contributed by atoms with E-state index in [2.05, 4.69) is 40.2 Å². The van der Waals surface area contributed by atoms with Crippen molar-refractivity contribution in [3.63, 3.8) is 0 Å². The number of aromatic nitrogens is 3. The van der Waals surface area contributed by atoms with E-state index < -0.39 is 0 Å². The Morgan fingerprint density at radius 3 is 2.55 bits per heavy atom. The summed E-state index contributed by atoms with van der Waals surface area (Å²) in [5.41, 5.74) is 7.87. The van der Waals surface area contributed by atoms with E-state index in [1.807, 2.05) is 19.1 Å². The summed E-state index contributed by atoms with van der Waals surface area (Å²) in [4.78, 5) is 11.7. The highest BCUT2D eigenvalue weighted by atomic mass is 16.5. The summed E-state index contributed by atoms with van der Waals surface area (Å²) in [6.07, 6.45) is 1.38. The fourth-order valence-corrected chi connectivity index (χ4v) is 1.88. The molecule has 0 saturated carbocycles. The summed E-state index contributed by atoms with van der Waals surface area (Å²) in [7, 11) is 0. The molecule has 0 aliphatic carbocycles. The van der Waals surface area contributed by atoms with Gasteiger partial charge in [0.15, 0.2) is 0 Å². The molecule has 1 unspecified atom stereocenters. The quantitative estimate of drug-likeness (QED) is 0.866. The van der Waals surface area contributed by atoms with Gasteiger partial charge in [0.1, 0.15) is 18.7 Å². The van der Waals surface area contributed by atoms with Crippen LogP contribution in [0.5, 0.6) is 5.75 Å². The van der Waals surface area contributed by atoms with Crippen molar-refractivity contribution in [1.29, 1.82) is 0 Å². The van der Waals surface area contributed by atoms with E-state index in [0.717, 1.165) is 5.75 Å². The third kappa shape index (κ3) is 4.08. The topological polar surface area (TPSA) is 86.0 Å². The van der Waals surface area contributed by atoms with Crippen LogP contribution in [-0.2, 0) is 0 Å². The second-order valence-corrected chi connectivity index (χ2v) is 4.85. The monoisotopic (exact) mass is 273 g/mol. The van der Waals surface area contributed by atoms with Crippen molar-refractivity contribution in [2.75, 3.05) is 17.7 Å². The Morgan fingerprint density at radius 2 is 1.90 bits per heavy atom. The largest absolute Gasteiger partial charge is 0.491 e. The zero-order chi connectivity index (χ0) is 14.5. The number of aryl methyl sites for hydroxylation is 2. The van der Waals surface area contributed by atoms with Gasteiger partial charge in [0.05, 0.1) is 6.04 Å². The Hall–Kier alpha value is -2.37.